The van der Waals surface area contributed by atoms with Gasteiger partial charge in [0.05, 0.1) is 24.7 Å². The molecule has 0 bridgehead atoms. The number of anilines is 2. The molecule has 3 aromatic rings. The van der Waals surface area contributed by atoms with Gasteiger partial charge in [-0.25, -0.2) is 9.07 Å². The average Bonchev–Trinajstić information content (AvgIpc) is 2.98. The number of benzene rings is 2. The number of nitrogens with zero attached hydrogens (tertiary/aromatic N) is 2. The number of nitrogens with one attached hydrogen (secondary N) is 1. The summed E-state index contributed by atoms with van der Waals surface area (Å²) < 4.78 is 19.9. The molecule has 6 nitrogen and oxygen atoms in total. The Labute approximate surface area is 154 Å². The number of carbonyl (C=O) groups is 1. The summed E-state index contributed by atoms with van der Waals surface area (Å²) in [7, 11) is 1.48. The van der Waals surface area contributed by atoms with Crippen molar-refractivity contribution in [3.05, 3.63) is 64.6 Å². The van der Waals surface area contributed by atoms with E-state index in [0.29, 0.717) is 27.7 Å². The molecule has 2 aromatic carbocycles. The van der Waals surface area contributed by atoms with Gasteiger partial charge in [0.15, 0.2) is 0 Å². The van der Waals surface area contributed by atoms with E-state index in [-0.39, 0.29) is 17.2 Å². The lowest BCUT2D eigenvalue weighted by Gasteiger charge is -2.11. The van der Waals surface area contributed by atoms with Gasteiger partial charge in [0.1, 0.15) is 22.9 Å². The molecule has 1 aromatic heterocycles. The highest BCUT2D eigenvalue weighted by Crippen LogP contribution is 2.29. The monoisotopic (exact) mass is 374 g/mol. The van der Waals surface area contributed by atoms with Crippen molar-refractivity contribution in [2.24, 2.45) is 0 Å². The summed E-state index contributed by atoms with van der Waals surface area (Å²) in [6.07, 6.45) is 1.36. The molecule has 0 unspecified atom stereocenters. The maximum Gasteiger partial charge on any atom is 0.261 e. The van der Waals surface area contributed by atoms with Crippen LogP contribution in [0, 0.1) is 12.7 Å². The molecule has 0 atom stereocenters. The quantitative estimate of drug-likeness (QED) is 0.727. The third kappa shape index (κ3) is 3.34. The smallest absolute Gasteiger partial charge is 0.261 e. The molecule has 0 spiro atoms. The molecule has 0 fully saturated rings. The number of rotatable bonds is 4. The van der Waals surface area contributed by atoms with Crippen LogP contribution in [0.2, 0.25) is 5.02 Å². The second-order valence-electron chi connectivity index (χ2n) is 5.58. The number of aromatic nitrogens is 2. The number of ether oxygens (including phenoxy) is 1. The van der Waals surface area contributed by atoms with Gasteiger partial charge >= 0.3 is 0 Å². The molecule has 0 saturated carbocycles. The number of nitrogens with two attached hydrogens (primary N) is 1. The standard InChI is InChI=1S/C18H16ClFN4O2/c1-10-7-12(20)4-6-15(10)24-17(21)13(9-22-24)18(25)23-14-5-3-11(19)8-16(14)26-2/h3-9H,21H2,1-2H3,(H,23,25). The molecule has 0 aliphatic carbocycles. The Morgan fingerprint density at radius 2 is 2.08 bits per heavy atom. The van der Waals surface area contributed by atoms with Crippen LogP contribution in [0.5, 0.6) is 5.75 Å². The van der Waals surface area contributed by atoms with Crippen molar-refractivity contribution in [3.63, 3.8) is 0 Å². The lowest BCUT2D eigenvalue weighted by atomic mass is 10.2. The summed E-state index contributed by atoms with van der Waals surface area (Å²) in [5, 5.41) is 7.36. The van der Waals surface area contributed by atoms with Crippen LogP contribution >= 0.6 is 11.6 Å². The van der Waals surface area contributed by atoms with Crippen LogP contribution in [0.1, 0.15) is 15.9 Å². The molecule has 3 N–H and O–H groups in total. The van der Waals surface area contributed by atoms with E-state index in [1.54, 1.807) is 31.2 Å². The zero-order valence-electron chi connectivity index (χ0n) is 14.1. The van der Waals surface area contributed by atoms with Crippen LogP contribution in [0.15, 0.2) is 42.6 Å². The number of halogens is 2. The van der Waals surface area contributed by atoms with Crippen molar-refractivity contribution >= 4 is 29.0 Å². The van der Waals surface area contributed by atoms with Gasteiger partial charge in [-0.3, -0.25) is 4.79 Å². The van der Waals surface area contributed by atoms with Crippen LogP contribution in [0.3, 0.4) is 0 Å². The second kappa shape index (κ2) is 7.05. The molecule has 0 aliphatic heterocycles. The number of amides is 1. The molecular formula is C18H16ClFN4O2. The Kier molecular flexibility index (Phi) is 4.81. The lowest BCUT2D eigenvalue weighted by molar-refractivity contribution is 0.102. The Morgan fingerprint density at radius 3 is 2.77 bits per heavy atom. The Morgan fingerprint density at radius 1 is 1.31 bits per heavy atom. The van der Waals surface area contributed by atoms with E-state index in [0.717, 1.165) is 0 Å². The number of aryl methyl sites for hydroxylation is 1. The molecule has 1 amide bonds. The highest BCUT2D eigenvalue weighted by atomic mass is 35.5. The average molecular weight is 375 g/mol. The third-order valence-electron chi connectivity index (χ3n) is 3.85. The van der Waals surface area contributed by atoms with Gasteiger partial charge in [-0.05, 0) is 42.8 Å². The third-order valence-corrected chi connectivity index (χ3v) is 4.08. The summed E-state index contributed by atoms with van der Waals surface area (Å²) in [6, 6.07) is 9.08. The highest BCUT2D eigenvalue weighted by Gasteiger charge is 2.18. The summed E-state index contributed by atoms with van der Waals surface area (Å²) in [4.78, 5) is 12.6. The number of carbonyl (C=O) groups excluding carboxylic acids is 1. The molecule has 0 saturated heterocycles. The van der Waals surface area contributed by atoms with E-state index in [9.17, 15) is 9.18 Å². The van der Waals surface area contributed by atoms with E-state index < -0.39 is 5.91 Å². The van der Waals surface area contributed by atoms with Gasteiger partial charge in [0.25, 0.3) is 5.91 Å². The lowest BCUT2D eigenvalue weighted by Crippen LogP contribution is -2.15. The zero-order valence-corrected chi connectivity index (χ0v) is 14.8. The molecule has 0 aliphatic rings. The van der Waals surface area contributed by atoms with Crippen molar-refractivity contribution in [2.75, 3.05) is 18.2 Å². The molecule has 26 heavy (non-hydrogen) atoms. The number of hydrogen-bond acceptors (Lipinski definition) is 4. The van der Waals surface area contributed by atoms with Crippen molar-refractivity contribution in [3.8, 4) is 11.4 Å². The van der Waals surface area contributed by atoms with E-state index in [1.165, 1.54) is 30.1 Å². The first-order chi connectivity index (χ1) is 12.4. The first-order valence-electron chi connectivity index (χ1n) is 7.65. The highest BCUT2D eigenvalue weighted by molar-refractivity contribution is 6.30. The minimum Gasteiger partial charge on any atom is -0.495 e. The predicted molar refractivity (Wildman–Crippen MR) is 98.6 cm³/mol. The van der Waals surface area contributed by atoms with Gasteiger partial charge in [-0.15, -0.1) is 0 Å². The van der Waals surface area contributed by atoms with E-state index >= 15 is 0 Å². The minimum atomic E-state index is -0.450. The van der Waals surface area contributed by atoms with Crippen LogP contribution in [-0.2, 0) is 0 Å². The summed E-state index contributed by atoms with van der Waals surface area (Å²) in [5.74, 6) is -0.241. The van der Waals surface area contributed by atoms with Gasteiger partial charge < -0.3 is 15.8 Å². The molecule has 3 rings (SSSR count). The normalized spacial score (nSPS) is 10.6. The van der Waals surface area contributed by atoms with Crippen LogP contribution < -0.4 is 15.8 Å². The first kappa shape index (κ1) is 17.8. The molecule has 0 radical (unpaired) electrons. The van der Waals surface area contributed by atoms with Gasteiger partial charge in [-0.1, -0.05) is 11.6 Å². The van der Waals surface area contributed by atoms with Crippen molar-refractivity contribution in [1.29, 1.82) is 0 Å². The molecule has 1 heterocycles. The second-order valence-corrected chi connectivity index (χ2v) is 6.02. The van der Waals surface area contributed by atoms with Gasteiger partial charge in [0, 0.05) is 11.1 Å². The predicted octanol–water partition coefficient (Wildman–Crippen LogP) is 3.82. The molecule has 8 heteroatoms. The topological polar surface area (TPSA) is 82.2 Å². The fraction of sp³-hybridized carbons (Fsp3) is 0.111. The minimum absolute atomic E-state index is 0.144. The number of nitrogen functional groups attached to an aromatic ring is 1. The number of hydrogen-bond donors (Lipinski definition) is 2. The fourth-order valence-corrected chi connectivity index (χ4v) is 2.70. The Hall–Kier alpha value is -3.06. The Bertz CT molecular complexity index is 987. The van der Waals surface area contributed by atoms with Crippen molar-refractivity contribution < 1.29 is 13.9 Å². The summed E-state index contributed by atoms with van der Waals surface area (Å²) in [5.41, 5.74) is 7.96. The number of methoxy groups -OCH3 is 1. The van der Waals surface area contributed by atoms with Crippen LogP contribution in [0.25, 0.3) is 5.69 Å². The maximum absolute atomic E-state index is 13.3. The maximum atomic E-state index is 13.3. The SMILES string of the molecule is COc1cc(Cl)ccc1NC(=O)c1cnn(-c2ccc(F)cc2C)c1N. The van der Waals surface area contributed by atoms with E-state index in [1.807, 2.05) is 0 Å². The largest absolute Gasteiger partial charge is 0.495 e. The fourth-order valence-electron chi connectivity index (χ4n) is 2.54. The van der Waals surface area contributed by atoms with Gasteiger partial charge in [-0.2, -0.15) is 5.10 Å². The van der Waals surface area contributed by atoms with Crippen molar-refractivity contribution in [1.82, 2.24) is 9.78 Å². The van der Waals surface area contributed by atoms with Crippen LogP contribution in [-0.4, -0.2) is 22.8 Å². The first-order valence-corrected chi connectivity index (χ1v) is 8.03. The Balaban J connectivity index is 1.91. The summed E-state index contributed by atoms with van der Waals surface area (Å²) >= 11 is 5.92. The molecular weight excluding hydrogens is 359 g/mol. The summed E-state index contributed by atoms with van der Waals surface area (Å²) in [6.45, 7) is 1.73. The van der Waals surface area contributed by atoms with E-state index in [4.69, 9.17) is 22.1 Å². The van der Waals surface area contributed by atoms with Crippen LogP contribution in [0.4, 0.5) is 15.9 Å². The van der Waals surface area contributed by atoms with E-state index in [2.05, 4.69) is 10.4 Å². The molecule has 134 valence electrons. The van der Waals surface area contributed by atoms with Crippen molar-refractivity contribution in [2.45, 2.75) is 6.92 Å². The van der Waals surface area contributed by atoms with Gasteiger partial charge in [0.2, 0.25) is 0 Å². The zero-order chi connectivity index (χ0) is 18.8.